The van der Waals surface area contributed by atoms with E-state index in [-0.39, 0.29) is 11.4 Å². The summed E-state index contributed by atoms with van der Waals surface area (Å²) in [5.74, 6) is 0.135. The lowest BCUT2D eigenvalue weighted by Crippen LogP contribution is -2.01. The Kier molecular flexibility index (Phi) is 4.11. The number of aromatic nitrogens is 1. The number of hydrogen-bond donors (Lipinski definition) is 1. The van der Waals surface area contributed by atoms with Gasteiger partial charge in [0.1, 0.15) is 5.82 Å². The van der Waals surface area contributed by atoms with Crippen molar-refractivity contribution < 1.29 is 13.3 Å². The van der Waals surface area contributed by atoms with Gasteiger partial charge in [-0.25, -0.2) is 9.37 Å². The van der Waals surface area contributed by atoms with Gasteiger partial charge in [-0.3, -0.25) is 4.21 Å². The fourth-order valence-corrected chi connectivity index (χ4v) is 2.69. The van der Waals surface area contributed by atoms with Gasteiger partial charge in [0.05, 0.1) is 29.4 Å². The molecule has 6 heteroatoms. The molecular weight excluding hydrogens is 267 g/mol. The number of methoxy groups -OCH3 is 1. The maximum Gasteiger partial charge on any atom is 0.213 e. The molecule has 4 nitrogen and oxygen atoms in total. The second kappa shape index (κ2) is 5.79. The summed E-state index contributed by atoms with van der Waals surface area (Å²) < 4.78 is 30.3. The average Bonchev–Trinajstić information content (AvgIpc) is 2.37. The Bertz CT molecular complexity index is 599. The van der Waals surface area contributed by atoms with E-state index in [4.69, 9.17) is 10.5 Å². The van der Waals surface area contributed by atoms with Crippen LogP contribution in [0.1, 0.15) is 5.69 Å². The van der Waals surface area contributed by atoms with Crippen molar-refractivity contribution in [2.45, 2.75) is 10.6 Å². The number of nitrogens with zero attached hydrogens (tertiary/aromatic N) is 1. The van der Waals surface area contributed by atoms with Crippen LogP contribution in [0.3, 0.4) is 0 Å². The highest BCUT2D eigenvalue weighted by atomic mass is 32.2. The van der Waals surface area contributed by atoms with Gasteiger partial charge in [0, 0.05) is 16.6 Å². The Hall–Kier alpha value is -1.95. The van der Waals surface area contributed by atoms with Crippen molar-refractivity contribution >= 4 is 16.5 Å². The van der Waals surface area contributed by atoms with Gasteiger partial charge in [0.15, 0.2) is 0 Å². The summed E-state index contributed by atoms with van der Waals surface area (Å²) in [6, 6.07) is 9.10. The molecule has 19 heavy (non-hydrogen) atoms. The van der Waals surface area contributed by atoms with Gasteiger partial charge in [0.2, 0.25) is 5.88 Å². The number of anilines is 1. The predicted octanol–water partition coefficient (Wildman–Crippen LogP) is 2.12. The van der Waals surface area contributed by atoms with Gasteiger partial charge in [-0.05, 0) is 24.3 Å². The minimum Gasteiger partial charge on any atom is -0.481 e. The first-order valence-electron chi connectivity index (χ1n) is 5.53. The predicted molar refractivity (Wildman–Crippen MR) is 71.7 cm³/mol. The SMILES string of the molecule is COc1cccc(CS(=O)c2cc(N)cc(F)c2)n1. The van der Waals surface area contributed by atoms with Crippen LogP contribution < -0.4 is 10.5 Å². The molecule has 0 fully saturated rings. The van der Waals surface area contributed by atoms with Gasteiger partial charge < -0.3 is 10.5 Å². The number of halogens is 1. The summed E-state index contributed by atoms with van der Waals surface area (Å²) >= 11 is 0. The molecule has 0 aliphatic rings. The van der Waals surface area contributed by atoms with E-state index in [1.165, 1.54) is 25.3 Å². The molecule has 1 atom stereocenters. The molecule has 0 aliphatic carbocycles. The van der Waals surface area contributed by atoms with Crippen LogP contribution >= 0.6 is 0 Å². The van der Waals surface area contributed by atoms with E-state index in [0.29, 0.717) is 16.5 Å². The Morgan fingerprint density at radius 1 is 1.37 bits per heavy atom. The number of nitrogens with two attached hydrogens (primary N) is 1. The maximum absolute atomic E-state index is 13.2. The van der Waals surface area contributed by atoms with Crippen LogP contribution in [0.15, 0.2) is 41.3 Å². The third kappa shape index (κ3) is 3.51. The fraction of sp³-hybridized carbons (Fsp3) is 0.154. The molecule has 1 heterocycles. The average molecular weight is 280 g/mol. The van der Waals surface area contributed by atoms with E-state index in [0.717, 1.165) is 0 Å². The number of nitrogen functional groups attached to an aromatic ring is 1. The molecule has 0 aliphatic heterocycles. The lowest BCUT2D eigenvalue weighted by Gasteiger charge is -2.05. The van der Waals surface area contributed by atoms with Crippen molar-refractivity contribution in [1.82, 2.24) is 4.98 Å². The zero-order valence-corrected chi connectivity index (χ0v) is 11.1. The second-order valence-corrected chi connectivity index (χ2v) is 5.33. The normalized spacial score (nSPS) is 12.1. The molecule has 0 amide bonds. The summed E-state index contributed by atoms with van der Waals surface area (Å²) in [5, 5.41) is 0. The first-order chi connectivity index (χ1) is 9.08. The summed E-state index contributed by atoms with van der Waals surface area (Å²) in [6.07, 6.45) is 0. The van der Waals surface area contributed by atoms with E-state index in [2.05, 4.69) is 4.98 Å². The Morgan fingerprint density at radius 3 is 2.84 bits per heavy atom. The zero-order valence-electron chi connectivity index (χ0n) is 10.3. The van der Waals surface area contributed by atoms with Crippen LogP contribution in [0.4, 0.5) is 10.1 Å². The van der Waals surface area contributed by atoms with Gasteiger partial charge in [-0.1, -0.05) is 6.07 Å². The standard InChI is InChI=1S/C13H13FN2O2S/c1-18-13-4-2-3-11(16-13)8-19(17)12-6-9(14)5-10(15)7-12/h2-7H,8,15H2,1H3. The highest BCUT2D eigenvalue weighted by molar-refractivity contribution is 7.84. The molecule has 100 valence electrons. The Morgan fingerprint density at radius 2 is 2.16 bits per heavy atom. The molecule has 0 saturated heterocycles. The Balaban J connectivity index is 2.20. The molecule has 0 bridgehead atoms. The minimum atomic E-state index is -1.40. The van der Waals surface area contributed by atoms with Gasteiger partial charge >= 0.3 is 0 Å². The first kappa shape index (κ1) is 13.5. The van der Waals surface area contributed by atoms with Crippen molar-refractivity contribution in [2.24, 2.45) is 0 Å². The highest BCUT2D eigenvalue weighted by Crippen LogP contribution is 2.17. The van der Waals surface area contributed by atoms with Crippen molar-refractivity contribution in [3.8, 4) is 5.88 Å². The van der Waals surface area contributed by atoms with Crippen LogP contribution in [-0.2, 0) is 16.6 Å². The fourth-order valence-electron chi connectivity index (χ4n) is 1.59. The van der Waals surface area contributed by atoms with Gasteiger partial charge in [-0.15, -0.1) is 0 Å². The lowest BCUT2D eigenvalue weighted by atomic mass is 10.3. The molecule has 2 N–H and O–H groups in total. The molecule has 2 aromatic rings. The lowest BCUT2D eigenvalue weighted by molar-refractivity contribution is 0.397. The van der Waals surface area contributed by atoms with Crippen LogP contribution in [0, 0.1) is 5.82 Å². The molecule has 2 rings (SSSR count). The number of ether oxygens (including phenoxy) is 1. The molecule has 0 radical (unpaired) electrons. The minimum absolute atomic E-state index is 0.181. The smallest absolute Gasteiger partial charge is 0.213 e. The topological polar surface area (TPSA) is 65.2 Å². The highest BCUT2D eigenvalue weighted by Gasteiger charge is 2.09. The molecule has 1 aromatic carbocycles. The summed E-state index contributed by atoms with van der Waals surface area (Å²) in [4.78, 5) is 4.51. The first-order valence-corrected chi connectivity index (χ1v) is 6.85. The van der Waals surface area contributed by atoms with E-state index < -0.39 is 16.6 Å². The Labute approximate surface area is 112 Å². The van der Waals surface area contributed by atoms with Crippen molar-refractivity contribution in [2.75, 3.05) is 12.8 Å². The second-order valence-electron chi connectivity index (χ2n) is 3.88. The number of rotatable bonds is 4. The molecule has 0 saturated carbocycles. The van der Waals surface area contributed by atoms with E-state index in [1.54, 1.807) is 18.2 Å². The zero-order chi connectivity index (χ0) is 13.8. The third-order valence-corrected chi connectivity index (χ3v) is 3.75. The summed E-state index contributed by atoms with van der Waals surface area (Å²) in [5.41, 5.74) is 6.39. The van der Waals surface area contributed by atoms with Gasteiger partial charge in [-0.2, -0.15) is 0 Å². The summed E-state index contributed by atoms with van der Waals surface area (Å²) in [7, 11) is 0.107. The van der Waals surface area contributed by atoms with Crippen LogP contribution in [0.25, 0.3) is 0 Å². The number of benzene rings is 1. The third-order valence-electron chi connectivity index (χ3n) is 2.43. The molecule has 1 unspecified atom stereocenters. The van der Waals surface area contributed by atoms with Crippen molar-refractivity contribution in [1.29, 1.82) is 0 Å². The monoisotopic (exact) mass is 280 g/mol. The van der Waals surface area contributed by atoms with E-state index in [9.17, 15) is 8.60 Å². The molecular formula is C13H13FN2O2S. The molecule has 1 aromatic heterocycles. The van der Waals surface area contributed by atoms with E-state index >= 15 is 0 Å². The van der Waals surface area contributed by atoms with Crippen LogP contribution in [0.5, 0.6) is 5.88 Å². The summed E-state index contributed by atoms with van der Waals surface area (Å²) in [6.45, 7) is 0. The number of pyridine rings is 1. The molecule has 0 spiro atoms. The van der Waals surface area contributed by atoms with Gasteiger partial charge in [0.25, 0.3) is 0 Å². The van der Waals surface area contributed by atoms with Crippen molar-refractivity contribution in [3.63, 3.8) is 0 Å². The quantitative estimate of drug-likeness (QED) is 0.871. The number of hydrogen-bond acceptors (Lipinski definition) is 4. The van der Waals surface area contributed by atoms with Crippen molar-refractivity contribution in [3.05, 3.63) is 47.9 Å². The largest absolute Gasteiger partial charge is 0.481 e. The van der Waals surface area contributed by atoms with Crippen LogP contribution in [-0.4, -0.2) is 16.3 Å². The van der Waals surface area contributed by atoms with Crippen LogP contribution in [0.2, 0.25) is 0 Å². The van der Waals surface area contributed by atoms with E-state index in [1.807, 2.05) is 0 Å². The maximum atomic E-state index is 13.2.